The van der Waals surface area contributed by atoms with Crippen molar-refractivity contribution in [1.82, 2.24) is 5.32 Å². The molecule has 0 rings (SSSR count). The first-order valence-electron chi connectivity index (χ1n) is 5.83. The molecule has 0 aromatic rings. The smallest absolute Gasteiger partial charge is 0.407 e. The van der Waals surface area contributed by atoms with E-state index >= 15 is 0 Å². The zero-order valence-electron chi connectivity index (χ0n) is 11.3. The molecule has 1 amide bonds. The quantitative estimate of drug-likeness (QED) is 0.791. The molecule has 0 aliphatic heterocycles. The molecular weight excluding hydrogens is 206 g/mol. The predicted octanol–water partition coefficient (Wildman–Crippen LogP) is 2.72. The Labute approximate surface area is 98.7 Å². The minimum atomic E-state index is -0.460. The van der Waals surface area contributed by atoms with Crippen LogP contribution in [0.4, 0.5) is 4.79 Å². The molecule has 1 N–H and O–H groups in total. The number of carbonyl (C=O) groups is 1. The van der Waals surface area contributed by atoms with Crippen LogP contribution in [0.25, 0.3) is 0 Å². The Hall–Kier alpha value is -0.770. The molecule has 1 unspecified atom stereocenters. The van der Waals surface area contributed by atoms with Gasteiger partial charge < -0.3 is 14.8 Å². The van der Waals surface area contributed by atoms with Crippen molar-refractivity contribution in [3.8, 4) is 0 Å². The molecule has 0 aliphatic rings. The van der Waals surface area contributed by atoms with Crippen molar-refractivity contribution in [2.75, 3.05) is 13.2 Å². The van der Waals surface area contributed by atoms with Crippen LogP contribution in [-0.2, 0) is 9.47 Å². The summed E-state index contributed by atoms with van der Waals surface area (Å²) in [6.45, 7) is 12.6. The normalized spacial score (nSPS) is 15.4. The minimum absolute atomic E-state index is 0.314. The lowest BCUT2D eigenvalue weighted by atomic mass is 10.0. The van der Waals surface area contributed by atoms with Crippen molar-refractivity contribution < 1.29 is 14.3 Å². The van der Waals surface area contributed by atoms with Crippen LogP contribution < -0.4 is 5.32 Å². The third-order valence-electron chi connectivity index (χ3n) is 2.25. The summed E-state index contributed by atoms with van der Waals surface area (Å²) in [4.78, 5) is 11.4. The van der Waals surface area contributed by atoms with Gasteiger partial charge in [-0.25, -0.2) is 4.79 Å². The first-order chi connectivity index (χ1) is 7.22. The van der Waals surface area contributed by atoms with Crippen molar-refractivity contribution in [1.29, 1.82) is 0 Å². The summed E-state index contributed by atoms with van der Waals surface area (Å²) in [5, 5.41) is 2.73. The number of hydrogen-bond acceptors (Lipinski definition) is 3. The average molecular weight is 231 g/mol. The highest BCUT2D eigenvalue weighted by Gasteiger charge is 2.24. The number of ether oxygens (including phenoxy) is 2. The summed E-state index contributed by atoms with van der Waals surface area (Å²) in [5.74, 6) is 0. The molecule has 4 nitrogen and oxygen atoms in total. The summed E-state index contributed by atoms with van der Waals surface area (Å²) in [5.41, 5.74) is -0.774. The lowest BCUT2D eigenvalue weighted by Crippen LogP contribution is -2.44. The Kier molecular flexibility index (Phi) is 5.79. The summed E-state index contributed by atoms with van der Waals surface area (Å²) in [7, 11) is 0. The number of carbonyl (C=O) groups excluding carboxylic acids is 1. The fourth-order valence-corrected chi connectivity index (χ4v) is 1.20. The van der Waals surface area contributed by atoms with Gasteiger partial charge in [0.05, 0.1) is 5.60 Å². The van der Waals surface area contributed by atoms with Gasteiger partial charge in [0, 0.05) is 13.2 Å². The third kappa shape index (κ3) is 6.67. The lowest BCUT2D eigenvalue weighted by Gasteiger charge is -2.29. The van der Waals surface area contributed by atoms with Gasteiger partial charge in [-0.15, -0.1) is 0 Å². The average Bonchev–Trinajstić information content (AvgIpc) is 2.13. The van der Waals surface area contributed by atoms with Crippen molar-refractivity contribution in [3.63, 3.8) is 0 Å². The molecule has 0 fully saturated rings. The van der Waals surface area contributed by atoms with Crippen LogP contribution in [0.3, 0.4) is 0 Å². The van der Waals surface area contributed by atoms with E-state index in [1.165, 1.54) is 0 Å². The van der Waals surface area contributed by atoms with E-state index in [-0.39, 0.29) is 5.60 Å². The van der Waals surface area contributed by atoms with Gasteiger partial charge >= 0.3 is 6.09 Å². The molecule has 0 aliphatic carbocycles. The molecule has 0 bridgehead atoms. The van der Waals surface area contributed by atoms with Gasteiger partial charge in [-0.1, -0.05) is 6.92 Å². The number of alkyl carbamates (subject to hydrolysis) is 1. The Balaban J connectivity index is 4.07. The van der Waals surface area contributed by atoms with Crippen LogP contribution in [0.1, 0.15) is 48.0 Å². The van der Waals surface area contributed by atoms with E-state index in [2.05, 4.69) is 5.32 Å². The highest BCUT2D eigenvalue weighted by molar-refractivity contribution is 5.67. The summed E-state index contributed by atoms with van der Waals surface area (Å²) < 4.78 is 10.7. The maximum absolute atomic E-state index is 11.4. The van der Waals surface area contributed by atoms with Crippen LogP contribution in [0.15, 0.2) is 0 Å². The van der Waals surface area contributed by atoms with Crippen molar-refractivity contribution >= 4 is 6.09 Å². The minimum Gasteiger partial charge on any atom is -0.444 e. The van der Waals surface area contributed by atoms with Crippen LogP contribution >= 0.6 is 0 Å². The molecule has 4 heteroatoms. The highest BCUT2D eigenvalue weighted by atomic mass is 16.6. The fourth-order valence-electron chi connectivity index (χ4n) is 1.20. The van der Waals surface area contributed by atoms with E-state index < -0.39 is 11.7 Å². The second-order valence-corrected chi connectivity index (χ2v) is 5.09. The Bertz CT molecular complexity index is 223. The van der Waals surface area contributed by atoms with Gasteiger partial charge in [-0.2, -0.15) is 0 Å². The molecule has 1 atom stereocenters. The Morgan fingerprint density at radius 1 is 1.19 bits per heavy atom. The molecule has 96 valence electrons. The van der Waals surface area contributed by atoms with Crippen LogP contribution in [0.5, 0.6) is 0 Å². The van der Waals surface area contributed by atoms with Crippen molar-refractivity contribution in [2.24, 2.45) is 0 Å². The van der Waals surface area contributed by atoms with Crippen LogP contribution in [-0.4, -0.2) is 30.4 Å². The zero-order valence-corrected chi connectivity index (χ0v) is 11.3. The van der Waals surface area contributed by atoms with E-state index in [9.17, 15) is 4.79 Å². The SMILES string of the molecule is CCOC(C)(CC)CNC(=O)OC(C)(C)C. The Morgan fingerprint density at radius 3 is 2.12 bits per heavy atom. The van der Waals surface area contributed by atoms with Crippen molar-refractivity contribution in [3.05, 3.63) is 0 Å². The first-order valence-corrected chi connectivity index (χ1v) is 5.83. The molecule has 16 heavy (non-hydrogen) atoms. The molecule has 0 radical (unpaired) electrons. The van der Waals surface area contributed by atoms with Gasteiger partial charge in [0.15, 0.2) is 0 Å². The molecule has 0 spiro atoms. The number of nitrogens with one attached hydrogen (secondary N) is 1. The van der Waals surface area contributed by atoms with Crippen molar-refractivity contribution in [2.45, 2.75) is 59.2 Å². The maximum Gasteiger partial charge on any atom is 0.407 e. The molecule has 0 saturated carbocycles. The first kappa shape index (κ1) is 15.2. The van der Waals surface area contributed by atoms with E-state index in [1.54, 1.807) is 0 Å². The third-order valence-corrected chi connectivity index (χ3v) is 2.25. The monoisotopic (exact) mass is 231 g/mol. The zero-order chi connectivity index (χ0) is 12.8. The summed E-state index contributed by atoms with van der Waals surface area (Å²) >= 11 is 0. The number of amides is 1. The van der Waals surface area contributed by atoms with Gasteiger partial charge in [-0.05, 0) is 41.0 Å². The summed E-state index contributed by atoms with van der Waals surface area (Å²) in [6.07, 6.45) is 0.447. The van der Waals surface area contributed by atoms with E-state index in [1.807, 2.05) is 41.5 Å². The van der Waals surface area contributed by atoms with E-state index in [0.717, 1.165) is 6.42 Å². The topological polar surface area (TPSA) is 47.6 Å². The van der Waals surface area contributed by atoms with E-state index in [0.29, 0.717) is 13.2 Å². The van der Waals surface area contributed by atoms with Gasteiger partial charge in [-0.3, -0.25) is 0 Å². The Morgan fingerprint density at radius 2 is 1.75 bits per heavy atom. The molecule has 0 heterocycles. The van der Waals surface area contributed by atoms with Gasteiger partial charge in [0.2, 0.25) is 0 Å². The second-order valence-electron chi connectivity index (χ2n) is 5.09. The van der Waals surface area contributed by atoms with Crippen LogP contribution in [0, 0.1) is 0 Å². The van der Waals surface area contributed by atoms with E-state index in [4.69, 9.17) is 9.47 Å². The fraction of sp³-hybridized carbons (Fsp3) is 0.917. The largest absolute Gasteiger partial charge is 0.444 e. The summed E-state index contributed by atoms with van der Waals surface area (Å²) in [6, 6.07) is 0. The number of rotatable bonds is 5. The van der Waals surface area contributed by atoms with Crippen LogP contribution in [0.2, 0.25) is 0 Å². The maximum atomic E-state index is 11.4. The molecule has 0 aromatic heterocycles. The highest BCUT2D eigenvalue weighted by Crippen LogP contribution is 2.14. The lowest BCUT2D eigenvalue weighted by molar-refractivity contribution is -0.0286. The molecule has 0 aromatic carbocycles. The second kappa shape index (κ2) is 6.09. The number of hydrogen-bond donors (Lipinski definition) is 1. The predicted molar refractivity (Wildman–Crippen MR) is 64.6 cm³/mol. The standard InChI is InChI=1S/C12H25NO3/c1-7-12(6,15-8-2)9-13-10(14)16-11(3,4)5/h7-9H2,1-6H3,(H,13,14). The van der Waals surface area contributed by atoms with Gasteiger partial charge in [0.1, 0.15) is 5.60 Å². The molecule has 0 saturated heterocycles. The van der Waals surface area contributed by atoms with Gasteiger partial charge in [0.25, 0.3) is 0 Å². The molecular formula is C12H25NO3.